The number of ether oxygens (including phenoxy) is 1. The maximum atomic E-state index is 12.1. The van der Waals surface area contributed by atoms with Crippen molar-refractivity contribution < 1.29 is 18.3 Å². The Bertz CT molecular complexity index is 353. The minimum Gasteiger partial charge on any atom is -0.497 e. The minimum absolute atomic E-state index is 0.0409. The first kappa shape index (κ1) is 11.1. The summed E-state index contributed by atoms with van der Waals surface area (Å²) in [7, 11) is 1.45. The lowest BCUT2D eigenvalue weighted by Crippen LogP contribution is -2.10. The first-order chi connectivity index (χ1) is 6.56. The number of benzene rings is 1. The molecular weight excluding hydrogens is 258 g/mol. The van der Waals surface area contributed by atoms with Gasteiger partial charge in [0.15, 0.2) is 0 Å². The van der Waals surface area contributed by atoms with Crippen molar-refractivity contribution >= 4 is 21.7 Å². The SMILES string of the molecule is COc1ccc(C(=O)C(F)F)c(Br)c1. The third-order valence-electron chi connectivity index (χ3n) is 1.64. The van der Waals surface area contributed by atoms with E-state index in [9.17, 15) is 13.6 Å². The fourth-order valence-corrected chi connectivity index (χ4v) is 1.49. The second-order valence-electron chi connectivity index (χ2n) is 2.51. The van der Waals surface area contributed by atoms with Crippen LogP contribution in [0.15, 0.2) is 22.7 Å². The molecule has 0 heterocycles. The monoisotopic (exact) mass is 264 g/mol. The van der Waals surface area contributed by atoms with Crippen LogP contribution in [-0.4, -0.2) is 19.3 Å². The second-order valence-corrected chi connectivity index (χ2v) is 3.37. The van der Waals surface area contributed by atoms with Crippen LogP contribution in [0.25, 0.3) is 0 Å². The summed E-state index contributed by atoms with van der Waals surface area (Å²) in [6, 6.07) is 4.23. The molecule has 0 aromatic heterocycles. The van der Waals surface area contributed by atoms with Gasteiger partial charge in [-0.05, 0) is 34.1 Å². The van der Waals surface area contributed by atoms with Crippen molar-refractivity contribution in [2.75, 3.05) is 7.11 Å². The Hall–Kier alpha value is -0.970. The highest BCUT2D eigenvalue weighted by molar-refractivity contribution is 9.10. The van der Waals surface area contributed by atoms with Gasteiger partial charge in [-0.15, -0.1) is 0 Å². The molecule has 0 aliphatic carbocycles. The fourth-order valence-electron chi connectivity index (χ4n) is 0.940. The smallest absolute Gasteiger partial charge is 0.300 e. The van der Waals surface area contributed by atoms with Gasteiger partial charge in [0.2, 0.25) is 5.78 Å². The summed E-state index contributed by atoms with van der Waals surface area (Å²) in [4.78, 5) is 10.9. The number of methoxy groups -OCH3 is 1. The summed E-state index contributed by atoms with van der Waals surface area (Å²) >= 11 is 3.02. The third-order valence-corrected chi connectivity index (χ3v) is 2.30. The average molecular weight is 265 g/mol. The van der Waals surface area contributed by atoms with Crippen LogP contribution in [0, 0.1) is 0 Å². The summed E-state index contributed by atoms with van der Waals surface area (Å²) in [5.41, 5.74) is -0.0409. The Kier molecular flexibility index (Phi) is 3.57. The molecule has 0 aliphatic rings. The van der Waals surface area contributed by atoms with Crippen LogP contribution in [-0.2, 0) is 0 Å². The highest BCUT2D eigenvalue weighted by atomic mass is 79.9. The van der Waals surface area contributed by atoms with Crippen molar-refractivity contribution in [1.82, 2.24) is 0 Å². The van der Waals surface area contributed by atoms with Gasteiger partial charge >= 0.3 is 6.43 Å². The van der Waals surface area contributed by atoms with Crippen LogP contribution in [0.1, 0.15) is 10.4 Å². The number of ketones is 1. The topological polar surface area (TPSA) is 26.3 Å². The molecule has 0 radical (unpaired) electrons. The van der Waals surface area contributed by atoms with Gasteiger partial charge in [0.25, 0.3) is 0 Å². The van der Waals surface area contributed by atoms with Gasteiger partial charge in [-0.3, -0.25) is 4.79 Å². The molecule has 5 heteroatoms. The van der Waals surface area contributed by atoms with Crippen molar-refractivity contribution in [1.29, 1.82) is 0 Å². The van der Waals surface area contributed by atoms with E-state index in [1.54, 1.807) is 0 Å². The second kappa shape index (κ2) is 4.50. The highest BCUT2D eigenvalue weighted by Crippen LogP contribution is 2.24. The molecule has 0 unspecified atom stereocenters. The lowest BCUT2D eigenvalue weighted by Gasteiger charge is -2.05. The lowest BCUT2D eigenvalue weighted by molar-refractivity contribution is 0.0678. The van der Waals surface area contributed by atoms with Crippen molar-refractivity contribution in [2.24, 2.45) is 0 Å². The largest absolute Gasteiger partial charge is 0.497 e. The van der Waals surface area contributed by atoms with Gasteiger partial charge in [-0.2, -0.15) is 0 Å². The molecule has 14 heavy (non-hydrogen) atoms. The number of carbonyl (C=O) groups excluding carboxylic acids is 1. The summed E-state index contributed by atoms with van der Waals surface area (Å²) in [5, 5.41) is 0. The van der Waals surface area contributed by atoms with Crippen LogP contribution in [0.2, 0.25) is 0 Å². The van der Waals surface area contributed by atoms with Crippen molar-refractivity contribution in [2.45, 2.75) is 6.43 Å². The Balaban J connectivity index is 3.06. The summed E-state index contributed by atoms with van der Waals surface area (Å²) in [6.45, 7) is 0. The van der Waals surface area contributed by atoms with Crippen molar-refractivity contribution in [3.63, 3.8) is 0 Å². The van der Waals surface area contributed by atoms with E-state index in [1.807, 2.05) is 0 Å². The van der Waals surface area contributed by atoms with E-state index in [0.717, 1.165) is 0 Å². The molecule has 2 nitrogen and oxygen atoms in total. The zero-order chi connectivity index (χ0) is 10.7. The molecule has 1 rings (SSSR count). The van der Waals surface area contributed by atoms with E-state index in [1.165, 1.54) is 25.3 Å². The minimum atomic E-state index is -2.99. The lowest BCUT2D eigenvalue weighted by atomic mass is 10.1. The normalized spacial score (nSPS) is 10.4. The van der Waals surface area contributed by atoms with E-state index >= 15 is 0 Å². The number of rotatable bonds is 3. The molecule has 1 aromatic rings. The first-order valence-corrected chi connectivity index (χ1v) is 4.51. The van der Waals surface area contributed by atoms with Crippen LogP contribution in [0.4, 0.5) is 8.78 Å². The number of hydrogen-bond donors (Lipinski definition) is 0. The molecule has 0 saturated carbocycles. The Morgan fingerprint density at radius 3 is 2.57 bits per heavy atom. The standard InChI is InChI=1S/C9H7BrF2O2/c1-14-5-2-3-6(7(10)4-5)8(13)9(11)12/h2-4,9H,1H3. The molecule has 0 N–H and O–H groups in total. The van der Waals surface area contributed by atoms with E-state index in [-0.39, 0.29) is 5.56 Å². The molecule has 76 valence electrons. The molecule has 0 bridgehead atoms. The molecule has 0 aliphatic heterocycles. The quantitative estimate of drug-likeness (QED) is 0.785. The molecule has 0 amide bonds. The fraction of sp³-hybridized carbons (Fsp3) is 0.222. The van der Waals surface area contributed by atoms with Crippen molar-refractivity contribution in [3.05, 3.63) is 28.2 Å². The van der Waals surface area contributed by atoms with Gasteiger partial charge in [0.05, 0.1) is 7.11 Å². The van der Waals surface area contributed by atoms with E-state index < -0.39 is 12.2 Å². The Labute approximate surface area is 88.0 Å². The van der Waals surface area contributed by atoms with E-state index in [2.05, 4.69) is 15.9 Å². The summed E-state index contributed by atoms with van der Waals surface area (Å²) in [5.74, 6) is -0.692. The number of alkyl halides is 2. The molecule has 0 atom stereocenters. The zero-order valence-electron chi connectivity index (χ0n) is 7.26. The van der Waals surface area contributed by atoms with Gasteiger partial charge in [0, 0.05) is 10.0 Å². The van der Waals surface area contributed by atoms with E-state index in [0.29, 0.717) is 10.2 Å². The molecule has 1 aromatic carbocycles. The zero-order valence-corrected chi connectivity index (χ0v) is 8.85. The summed E-state index contributed by atoms with van der Waals surface area (Å²) in [6.07, 6.45) is -2.99. The van der Waals surface area contributed by atoms with Gasteiger partial charge in [-0.1, -0.05) is 0 Å². The van der Waals surface area contributed by atoms with Crippen LogP contribution < -0.4 is 4.74 Å². The average Bonchev–Trinajstić information content (AvgIpc) is 2.16. The van der Waals surface area contributed by atoms with E-state index in [4.69, 9.17) is 4.74 Å². The maximum absolute atomic E-state index is 12.1. The Morgan fingerprint density at radius 1 is 1.50 bits per heavy atom. The van der Waals surface area contributed by atoms with Crippen LogP contribution in [0.5, 0.6) is 5.75 Å². The van der Waals surface area contributed by atoms with Crippen molar-refractivity contribution in [3.8, 4) is 5.75 Å². The number of halogens is 3. The highest BCUT2D eigenvalue weighted by Gasteiger charge is 2.20. The first-order valence-electron chi connectivity index (χ1n) is 3.72. The maximum Gasteiger partial charge on any atom is 0.300 e. The predicted octanol–water partition coefficient (Wildman–Crippen LogP) is 2.91. The molecule has 0 saturated heterocycles. The molecule has 0 spiro atoms. The molecular formula is C9H7BrF2O2. The van der Waals surface area contributed by atoms with Crippen LogP contribution in [0.3, 0.4) is 0 Å². The number of hydrogen-bond acceptors (Lipinski definition) is 2. The number of Topliss-reactive ketones (excluding diaryl/α,β-unsaturated/α-hetero) is 1. The molecule has 0 fully saturated rings. The predicted molar refractivity (Wildman–Crippen MR) is 51.0 cm³/mol. The van der Waals surface area contributed by atoms with Gasteiger partial charge in [-0.25, -0.2) is 8.78 Å². The van der Waals surface area contributed by atoms with Crippen LogP contribution >= 0.6 is 15.9 Å². The Morgan fingerprint density at radius 2 is 2.14 bits per heavy atom. The third kappa shape index (κ3) is 2.29. The number of carbonyl (C=O) groups is 1. The van der Waals surface area contributed by atoms with Gasteiger partial charge in [0.1, 0.15) is 5.75 Å². The summed E-state index contributed by atoms with van der Waals surface area (Å²) < 4.78 is 29.3. The van der Waals surface area contributed by atoms with Gasteiger partial charge < -0.3 is 4.74 Å².